The van der Waals surface area contributed by atoms with Crippen LogP contribution in [0, 0.1) is 13.8 Å². The van der Waals surface area contributed by atoms with Gasteiger partial charge in [-0.1, -0.05) is 23.7 Å². The molecule has 0 aliphatic rings. The van der Waals surface area contributed by atoms with Gasteiger partial charge in [-0.25, -0.2) is 4.99 Å². The minimum atomic E-state index is 0. The zero-order valence-corrected chi connectivity index (χ0v) is 20.4. The average Bonchev–Trinajstić information content (AvgIpc) is 2.92. The molecule has 1 aromatic heterocycles. The number of rotatable bonds is 8. The van der Waals surface area contributed by atoms with Gasteiger partial charge in [0.25, 0.3) is 0 Å². The average molecular weight is 520 g/mol. The molecule has 1 aromatic carbocycles. The molecule has 0 atom stereocenters. The second kappa shape index (κ2) is 12.3. The lowest BCUT2D eigenvalue weighted by Gasteiger charge is -2.22. The lowest BCUT2D eigenvalue weighted by atomic mass is 10.2. The van der Waals surface area contributed by atoms with Gasteiger partial charge in [-0.15, -0.1) is 24.0 Å². The Morgan fingerprint density at radius 1 is 1.29 bits per heavy atom. The fourth-order valence-electron chi connectivity index (χ4n) is 2.92. The van der Waals surface area contributed by atoms with E-state index in [4.69, 9.17) is 21.3 Å². The summed E-state index contributed by atoms with van der Waals surface area (Å²) in [7, 11) is 3.74. The topological polar surface area (TPSA) is 54.7 Å². The molecular weight excluding hydrogens is 489 g/mol. The predicted molar refractivity (Wildman–Crippen MR) is 127 cm³/mol. The summed E-state index contributed by atoms with van der Waals surface area (Å²) in [6.45, 7) is 9.77. The van der Waals surface area contributed by atoms with Crippen LogP contribution >= 0.6 is 35.6 Å². The SMILES string of the molecule is CCNC(=NCc1c(C)nn(CCOC)c1C)N(C)Cc1ccc(Cl)cc1.I. The molecule has 28 heavy (non-hydrogen) atoms. The zero-order chi connectivity index (χ0) is 19.8. The van der Waals surface area contributed by atoms with E-state index in [9.17, 15) is 0 Å². The molecule has 1 heterocycles. The molecule has 2 rings (SSSR count). The van der Waals surface area contributed by atoms with Gasteiger partial charge in [-0.05, 0) is 38.5 Å². The van der Waals surface area contributed by atoms with Crippen molar-refractivity contribution in [1.82, 2.24) is 20.0 Å². The van der Waals surface area contributed by atoms with Gasteiger partial charge in [0.1, 0.15) is 0 Å². The number of halogens is 2. The van der Waals surface area contributed by atoms with Crippen LogP contribution in [0.1, 0.15) is 29.4 Å². The third kappa shape index (κ3) is 6.93. The Morgan fingerprint density at radius 3 is 2.57 bits per heavy atom. The minimum Gasteiger partial charge on any atom is -0.383 e. The second-order valence-electron chi connectivity index (χ2n) is 6.52. The molecule has 0 saturated carbocycles. The maximum Gasteiger partial charge on any atom is 0.194 e. The number of nitrogens with one attached hydrogen (secondary N) is 1. The van der Waals surface area contributed by atoms with Crippen molar-refractivity contribution in [3.63, 3.8) is 0 Å². The molecule has 0 aliphatic carbocycles. The van der Waals surface area contributed by atoms with Crippen LogP contribution in [0.5, 0.6) is 0 Å². The van der Waals surface area contributed by atoms with E-state index in [1.54, 1.807) is 7.11 Å². The van der Waals surface area contributed by atoms with E-state index < -0.39 is 0 Å². The number of methoxy groups -OCH3 is 1. The van der Waals surface area contributed by atoms with Gasteiger partial charge >= 0.3 is 0 Å². The molecule has 0 saturated heterocycles. The maximum absolute atomic E-state index is 5.98. The van der Waals surface area contributed by atoms with E-state index in [1.807, 2.05) is 42.9 Å². The number of ether oxygens (including phenoxy) is 1. The summed E-state index contributed by atoms with van der Waals surface area (Å²) in [5.74, 6) is 0.871. The molecule has 0 amide bonds. The minimum absolute atomic E-state index is 0. The van der Waals surface area contributed by atoms with Gasteiger partial charge < -0.3 is 15.0 Å². The Kier molecular flexibility index (Phi) is 10.8. The maximum atomic E-state index is 5.98. The molecule has 8 heteroatoms. The Labute approximate surface area is 190 Å². The lowest BCUT2D eigenvalue weighted by molar-refractivity contribution is 0.182. The second-order valence-corrected chi connectivity index (χ2v) is 6.95. The van der Waals surface area contributed by atoms with Gasteiger partial charge in [-0.2, -0.15) is 5.10 Å². The van der Waals surface area contributed by atoms with Crippen LogP contribution in [0.2, 0.25) is 5.02 Å². The lowest BCUT2D eigenvalue weighted by Crippen LogP contribution is -2.38. The van der Waals surface area contributed by atoms with E-state index in [-0.39, 0.29) is 24.0 Å². The number of aliphatic imine (C=N–C) groups is 1. The third-order valence-electron chi connectivity index (χ3n) is 4.45. The molecule has 0 aliphatic heterocycles. The molecule has 156 valence electrons. The van der Waals surface area contributed by atoms with Crippen LogP contribution < -0.4 is 5.32 Å². The van der Waals surface area contributed by atoms with Crippen molar-refractivity contribution in [2.24, 2.45) is 4.99 Å². The van der Waals surface area contributed by atoms with Crippen LogP contribution in [0.15, 0.2) is 29.3 Å². The fourth-order valence-corrected chi connectivity index (χ4v) is 3.05. The highest BCUT2D eigenvalue weighted by Crippen LogP contribution is 2.15. The first-order valence-electron chi connectivity index (χ1n) is 9.22. The fraction of sp³-hybridized carbons (Fsp3) is 0.500. The zero-order valence-electron chi connectivity index (χ0n) is 17.3. The van der Waals surface area contributed by atoms with Crippen molar-refractivity contribution < 1.29 is 4.74 Å². The van der Waals surface area contributed by atoms with E-state index in [0.717, 1.165) is 42.0 Å². The summed E-state index contributed by atoms with van der Waals surface area (Å²) in [5, 5.41) is 8.73. The molecule has 2 aromatic rings. The standard InChI is InChI=1S/C20H30ClN5O.HI/c1-6-22-20(25(4)14-17-7-9-18(21)10-8-17)23-13-19-15(2)24-26(16(19)3)11-12-27-5;/h7-10H,6,11-14H2,1-5H3,(H,22,23);1H. The Morgan fingerprint density at radius 2 is 1.96 bits per heavy atom. The normalized spacial score (nSPS) is 11.3. The van der Waals surface area contributed by atoms with Crippen molar-refractivity contribution in [2.45, 2.75) is 40.4 Å². The number of aryl methyl sites for hydroxylation is 1. The molecule has 0 unspecified atom stereocenters. The van der Waals surface area contributed by atoms with E-state index in [2.05, 4.69) is 29.2 Å². The number of aromatic nitrogens is 2. The van der Waals surface area contributed by atoms with Crippen molar-refractivity contribution in [2.75, 3.05) is 27.3 Å². The van der Waals surface area contributed by atoms with Crippen molar-refractivity contribution in [3.05, 3.63) is 51.8 Å². The number of guanidine groups is 1. The molecular formula is C20H31ClIN5O. The Balaban J connectivity index is 0.00000392. The van der Waals surface area contributed by atoms with E-state index in [1.165, 1.54) is 11.1 Å². The van der Waals surface area contributed by atoms with Crippen molar-refractivity contribution >= 4 is 41.5 Å². The van der Waals surface area contributed by atoms with E-state index in [0.29, 0.717) is 13.2 Å². The predicted octanol–water partition coefficient (Wildman–Crippen LogP) is 4.02. The van der Waals surface area contributed by atoms with Crippen molar-refractivity contribution in [3.8, 4) is 0 Å². The first-order valence-corrected chi connectivity index (χ1v) is 9.59. The number of hydrogen-bond donors (Lipinski definition) is 1. The molecule has 6 nitrogen and oxygen atoms in total. The summed E-state index contributed by atoms with van der Waals surface area (Å²) < 4.78 is 7.16. The summed E-state index contributed by atoms with van der Waals surface area (Å²) in [6.07, 6.45) is 0. The largest absolute Gasteiger partial charge is 0.383 e. The highest BCUT2D eigenvalue weighted by molar-refractivity contribution is 14.0. The number of hydrogen-bond acceptors (Lipinski definition) is 3. The van der Waals surface area contributed by atoms with Crippen LogP contribution in [-0.4, -0.2) is 47.9 Å². The van der Waals surface area contributed by atoms with Gasteiger partial charge in [0.2, 0.25) is 0 Å². The van der Waals surface area contributed by atoms with Crippen LogP contribution in [0.4, 0.5) is 0 Å². The molecule has 0 spiro atoms. The molecule has 0 bridgehead atoms. The van der Waals surface area contributed by atoms with Crippen LogP contribution in [0.25, 0.3) is 0 Å². The monoisotopic (exact) mass is 519 g/mol. The quantitative estimate of drug-likeness (QED) is 0.325. The first-order chi connectivity index (χ1) is 13.0. The van der Waals surface area contributed by atoms with Gasteiger partial charge in [0.05, 0.1) is 25.4 Å². The van der Waals surface area contributed by atoms with Crippen LogP contribution in [-0.2, 0) is 24.4 Å². The number of nitrogens with zero attached hydrogens (tertiary/aromatic N) is 4. The molecule has 1 N–H and O–H groups in total. The van der Waals surface area contributed by atoms with Crippen LogP contribution in [0.3, 0.4) is 0 Å². The van der Waals surface area contributed by atoms with E-state index >= 15 is 0 Å². The summed E-state index contributed by atoms with van der Waals surface area (Å²) in [6, 6.07) is 7.90. The molecule has 0 fully saturated rings. The van der Waals surface area contributed by atoms with Gasteiger partial charge in [-0.3, -0.25) is 4.68 Å². The highest BCUT2D eigenvalue weighted by Gasteiger charge is 2.12. The Bertz CT molecular complexity index is 761. The Hall–Kier alpha value is -1.32. The summed E-state index contributed by atoms with van der Waals surface area (Å²) in [4.78, 5) is 6.95. The molecule has 0 radical (unpaired) electrons. The number of benzene rings is 1. The first kappa shape index (κ1) is 24.7. The van der Waals surface area contributed by atoms with Gasteiger partial charge in [0, 0.05) is 43.5 Å². The third-order valence-corrected chi connectivity index (χ3v) is 4.71. The van der Waals surface area contributed by atoms with Crippen molar-refractivity contribution in [1.29, 1.82) is 0 Å². The highest BCUT2D eigenvalue weighted by atomic mass is 127. The smallest absolute Gasteiger partial charge is 0.194 e. The van der Waals surface area contributed by atoms with Gasteiger partial charge in [0.15, 0.2) is 5.96 Å². The summed E-state index contributed by atoms with van der Waals surface area (Å²) >= 11 is 5.98. The summed E-state index contributed by atoms with van der Waals surface area (Å²) in [5.41, 5.74) is 4.52.